The van der Waals surface area contributed by atoms with Crippen LogP contribution in [0.4, 0.5) is 5.69 Å². The van der Waals surface area contributed by atoms with E-state index in [-0.39, 0.29) is 36.4 Å². The van der Waals surface area contributed by atoms with Gasteiger partial charge in [-0.2, -0.15) is 5.10 Å². The topological polar surface area (TPSA) is 134 Å². The van der Waals surface area contributed by atoms with Crippen LogP contribution in [0.3, 0.4) is 0 Å². The van der Waals surface area contributed by atoms with E-state index < -0.39 is 29.7 Å². The molecule has 2 aliphatic heterocycles. The minimum atomic E-state index is -1.03. The van der Waals surface area contributed by atoms with Crippen LogP contribution in [-0.4, -0.2) is 68.8 Å². The van der Waals surface area contributed by atoms with E-state index in [1.165, 1.54) is 18.2 Å². The number of likely N-dealkylation sites (N-methyl/N-ethyl adjacent to an activating group) is 1. The standard InChI is InChI=1S/C21H22N6O5/c1-25(9-12-8-22-26(2)10-12)11-18(29)23-13-3-4-14-15(7-13)21(32)27(20(14)31)16-5-6-17(28)24-19(16)30/h3-4,7-8,10,16H,5-6,9,11H2,1-2H3,(H,23,29)(H,24,28,30). The van der Waals surface area contributed by atoms with E-state index in [4.69, 9.17) is 0 Å². The van der Waals surface area contributed by atoms with Gasteiger partial charge in [-0.25, -0.2) is 0 Å². The number of hydrogen-bond donors (Lipinski definition) is 2. The first-order chi connectivity index (χ1) is 15.2. The largest absolute Gasteiger partial charge is 0.325 e. The number of hydrogen-bond acceptors (Lipinski definition) is 7. The number of rotatable bonds is 6. The molecule has 1 atom stereocenters. The zero-order valence-corrected chi connectivity index (χ0v) is 17.6. The smallest absolute Gasteiger partial charge is 0.262 e. The third-order valence-corrected chi connectivity index (χ3v) is 5.35. The van der Waals surface area contributed by atoms with Gasteiger partial charge in [0.1, 0.15) is 6.04 Å². The number of fused-ring (bicyclic) bond motifs is 1. The first-order valence-corrected chi connectivity index (χ1v) is 10.0. The molecule has 0 saturated carbocycles. The number of piperidine rings is 1. The highest BCUT2D eigenvalue weighted by Gasteiger charge is 2.44. The number of anilines is 1. The molecule has 1 aromatic heterocycles. The quantitative estimate of drug-likeness (QED) is 0.601. The van der Waals surface area contributed by atoms with E-state index in [9.17, 15) is 24.0 Å². The maximum Gasteiger partial charge on any atom is 0.262 e. The minimum absolute atomic E-state index is 0.0533. The second-order valence-corrected chi connectivity index (χ2v) is 7.95. The maximum absolute atomic E-state index is 12.9. The Morgan fingerprint density at radius 3 is 2.66 bits per heavy atom. The monoisotopic (exact) mass is 438 g/mol. The molecule has 1 aromatic carbocycles. The average Bonchev–Trinajstić information content (AvgIpc) is 3.23. The molecule has 2 aromatic rings. The summed E-state index contributed by atoms with van der Waals surface area (Å²) in [4.78, 5) is 64.2. The number of nitrogens with zero attached hydrogens (tertiary/aromatic N) is 4. The summed E-state index contributed by atoms with van der Waals surface area (Å²) in [6.07, 6.45) is 3.73. The average molecular weight is 438 g/mol. The molecule has 2 N–H and O–H groups in total. The fraction of sp³-hybridized carbons (Fsp3) is 0.333. The summed E-state index contributed by atoms with van der Waals surface area (Å²) in [6.45, 7) is 0.653. The summed E-state index contributed by atoms with van der Waals surface area (Å²) in [5, 5.41) is 8.98. The molecule has 0 aliphatic carbocycles. The molecule has 166 valence electrons. The van der Waals surface area contributed by atoms with Crippen molar-refractivity contribution in [2.45, 2.75) is 25.4 Å². The lowest BCUT2D eigenvalue weighted by Gasteiger charge is -2.27. The van der Waals surface area contributed by atoms with E-state index in [0.29, 0.717) is 12.2 Å². The van der Waals surface area contributed by atoms with Crippen molar-refractivity contribution in [1.29, 1.82) is 0 Å². The lowest BCUT2D eigenvalue weighted by Crippen LogP contribution is -2.54. The normalized spacial score (nSPS) is 18.2. The molecule has 3 heterocycles. The summed E-state index contributed by atoms with van der Waals surface area (Å²) in [5.41, 5.74) is 1.61. The summed E-state index contributed by atoms with van der Waals surface area (Å²) in [6, 6.07) is 3.40. The molecule has 4 rings (SSSR count). The van der Waals surface area contributed by atoms with Crippen LogP contribution in [-0.2, 0) is 28.0 Å². The third kappa shape index (κ3) is 4.14. The predicted octanol–water partition coefficient (Wildman–Crippen LogP) is -0.108. The summed E-state index contributed by atoms with van der Waals surface area (Å²) < 4.78 is 1.68. The molecule has 11 nitrogen and oxygen atoms in total. The lowest BCUT2D eigenvalue weighted by atomic mass is 10.0. The zero-order chi connectivity index (χ0) is 23.0. The predicted molar refractivity (Wildman–Crippen MR) is 111 cm³/mol. The van der Waals surface area contributed by atoms with Crippen molar-refractivity contribution in [3.63, 3.8) is 0 Å². The van der Waals surface area contributed by atoms with Gasteiger partial charge in [0.25, 0.3) is 11.8 Å². The summed E-state index contributed by atoms with van der Waals surface area (Å²) >= 11 is 0. The molecule has 5 amide bonds. The van der Waals surface area contributed by atoms with Gasteiger partial charge in [-0.3, -0.25) is 43.8 Å². The number of carbonyl (C=O) groups excluding carboxylic acids is 5. The highest BCUT2D eigenvalue weighted by Crippen LogP contribution is 2.29. The van der Waals surface area contributed by atoms with E-state index in [1.54, 1.807) is 17.9 Å². The molecule has 32 heavy (non-hydrogen) atoms. The number of imide groups is 2. The van der Waals surface area contributed by atoms with Gasteiger partial charge in [-0.1, -0.05) is 0 Å². The Kier molecular flexibility index (Phi) is 5.57. The lowest BCUT2D eigenvalue weighted by molar-refractivity contribution is -0.136. The highest BCUT2D eigenvalue weighted by molar-refractivity contribution is 6.23. The highest BCUT2D eigenvalue weighted by atomic mass is 16.2. The second kappa shape index (κ2) is 8.35. The molecular weight excluding hydrogens is 416 g/mol. The van der Waals surface area contributed by atoms with E-state index >= 15 is 0 Å². The summed E-state index contributed by atoms with van der Waals surface area (Å²) in [5.74, 6) is -2.59. The second-order valence-electron chi connectivity index (χ2n) is 7.95. The van der Waals surface area contributed by atoms with Crippen molar-refractivity contribution in [2.75, 3.05) is 18.9 Å². The van der Waals surface area contributed by atoms with Crippen molar-refractivity contribution in [1.82, 2.24) is 24.9 Å². The van der Waals surface area contributed by atoms with E-state index in [0.717, 1.165) is 10.5 Å². The molecule has 2 aliphatic rings. The molecule has 0 bridgehead atoms. The van der Waals surface area contributed by atoms with Crippen LogP contribution in [0.2, 0.25) is 0 Å². The Balaban J connectivity index is 1.42. The van der Waals surface area contributed by atoms with Crippen molar-refractivity contribution in [2.24, 2.45) is 7.05 Å². The van der Waals surface area contributed by atoms with Crippen LogP contribution in [0.15, 0.2) is 30.6 Å². The van der Waals surface area contributed by atoms with Crippen LogP contribution in [0, 0.1) is 0 Å². The van der Waals surface area contributed by atoms with Gasteiger partial charge in [0.15, 0.2) is 0 Å². The van der Waals surface area contributed by atoms with Crippen LogP contribution >= 0.6 is 0 Å². The molecule has 11 heteroatoms. The number of aromatic nitrogens is 2. The molecule has 1 fully saturated rings. The maximum atomic E-state index is 12.9. The molecule has 1 unspecified atom stereocenters. The molecule has 0 radical (unpaired) electrons. The first-order valence-electron chi connectivity index (χ1n) is 10.0. The van der Waals surface area contributed by atoms with Gasteiger partial charge >= 0.3 is 0 Å². The Labute approximate surface area is 183 Å². The Morgan fingerprint density at radius 1 is 1.22 bits per heavy atom. The molecular formula is C21H22N6O5. The van der Waals surface area contributed by atoms with Gasteiger partial charge < -0.3 is 5.32 Å². The number of amides is 5. The zero-order valence-electron chi connectivity index (χ0n) is 17.6. The van der Waals surface area contributed by atoms with Crippen LogP contribution in [0.1, 0.15) is 39.1 Å². The van der Waals surface area contributed by atoms with Crippen LogP contribution in [0.5, 0.6) is 0 Å². The molecule has 0 spiro atoms. The van der Waals surface area contributed by atoms with E-state index in [1.807, 2.05) is 18.1 Å². The fourth-order valence-corrected chi connectivity index (χ4v) is 3.92. The Morgan fingerprint density at radius 2 is 1.97 bits per heavy atom. The first kappa shape index (κ1) is 21.4. The van der Waals surface area contributed by atoms with Gasteiger partial charge in [0.05, 0.1) is 23.9 Å². The third-order valence-electron chi connectivity index (χ3n) is 5.35. The van der Waals surface area contributed by atoms with Gasteiger partial charge in [0.2, 0.25) is 17.7 Å². The van der Waals surface area contributed by atoms with Gasteiger partial charge in [-0.15, -0.1) is 0 Å². The molecule has 1 saturated heterocycles. The fourth-order valence-electron chi connectivity index (χ4n) is 3.92. The number of benzene rings is 1. The van der Waals surface area contributed by atoms with E-state index in [2.05, 4.69) is 15.7 Å². The summed E-state index contributed by atoms with van der Waals surface area (Å²) in [7, 11) is 3.62. The van der Waals surface area contributed by atoms with Crippen molar-refractivity contribution >= 4 is 35.2 Å². The van der Waals surface area contributed by atoms with Gasteiger partial charge in [-0.05, 0) is 31.7 Å². The van der Waals surface area contributed by atoms with Crippen molar-refractivity contribution in [3.8, 4) is 0 Å². The van der Waals surface area contributed by atoms with Crippen molar-refractivity contribution in [3.05, 3.63) is 47.3 Å². The minimum Gasteiger partial charge on any atom is -0.325 e. The SMILES string of the molecule is CN(CC(=O)Nc1ccc2c(c1)C(=O)N(C1CCC(=O)NC1=O)C2=O)Cc1cnn(C)c1. The number of nitrogens with one attached hydrogen (secondary N) is 2. The number of aryl methyl sites for hydroxylation is 1. The number of carbonyl (C=O) groups is 5. The van der Waals surface area contributed by atoms with Crippen LogP contribution in [0.25, 0.3) is 0 Å². The van der Waals surface area contributed by atoms with Gasteiger partial charge in [0, 0.05) is 37.5 Å². The Hall–Kier alpha value is -3.86. The van der Waals surface area contributed by atoms with Crippen LogP contribution < -0.4 is 10.6 Å². The van der Waals surface area contributed by atoms with Crippen molar-refractivity contribution < 1.29 is 24.0 Å². The Bertz CT molecular complexity index is 1140.